The molecule has 20 heavy (non-hydrogen) atoms. The molecule has 0 aliphatic rings. The van der Waals surface area contributed by atoms with Crippen LogP contribution < -0.4 is 15.2 Å². The van der Waals surface area contributed by atoms with E-state index in [0.717, 1.165) is 0 Å². The third kappa shape index (κ3) is 4.09. The van der Waals surface area contributed by atoms with Crippen molar-refractivity contribution in [2.75, 3.05) is 21.3 Å². The molecular formula is C14H20N2O3S. The lowest BCUT2D eigenvalue weighted by Crippen LogP contribution is -2.37. The number of carbonyl (C=O) groups excluding carboxylic acids is 1. The summed E-state index contributed by atoms with van der Waals surface area (Å²) in [5.74, 6) is 1.01. The zero-order valence-corrected chi connectivity index (χ0v) is 13.0. The highest BCUT2D eigenvalue weighted by Crippen LogP contribution is 2.23. The second-order valence-electron chi connectivity index (χ2n) is 4.54. The molecule has 1 aromatic carbocycles. The number of rotatable bonds is 6. The van der Waals surface area contributed by atoms with Crippen molar-refractivity contribution in [1.29, 1.82) is 0 Å². The van der Waals surface area contributed by atoms with Gasteiger partial charge in [-0.05, 0) is 19.1 Å². The summed E-state index contributed by atoms with van der Waals surface area (Å²) in [6.45, 7) is 1.90. The van der Waals surface area contributed by atoms with Crippen LogP contribution in [0.15, 0.2) is 18.2 Å². The van der Waals surface area contributed by atoms with Crippen LogP contribution in [-0.4, -0.2) is 43.1 Å². The van der Waals surface area contributed by atoms with E-state index in [4.69, 9.17) is 27.4 Å². The maximum absolute atomic E-state index is 12.4. The van der Waals surface area contributed by atoms with Gasteiger partial charge < -0.3 is 20.1 Å². The van der Waals surface area contributed by atoms with Crippen molar-refractivity contribution in [2.24, 2.45) is 5.73 Å². The summed E-state index contributed by atoms with van der Waals surface area (Å²) >= 11 is 4.87. The molecule has 0 saturated heterocycles. The van der Waals surface area contributed by atoms with E-state index in [2.05, 4.69) is 0 Å². The summed E-state index contributed by atoms with van der Waals surface area (Å²) in [6, 6.07) is 5.00. The van der Waals surface area contributed by atoms with Gasteiger partial charge in [0.15, 0.2) is 0 Å². The summed E-state index contributed by atoms with van der Waals surface area (Å²) < 4.78 is 10.3. The minimum atomic E-state index is -0.133. The van der Waals surface area contributed by atoms with Crippen molar-refractivity contribution >= 4 is 23.1 Å². The summed E-state index contributed by atoms with van der Waals surface area (Å²) in [4.78, 5) is 14.4. The van der Waals surface area contributed by atoms with Gasteiger partial charge in [0, 0.05) is 31.1 Å². The summed E-state index contributed by atoms with van der Waals surface area (Å²) in [5, 5.41) is 0. The fourth-order valence-corrected chi connectivity index (χ4v) is 2.00. The van der Waals surface area contributed by atoms with E-state index in [9.17, 15) is 4.79 Å². The molecule has 1 atom stereocenters. The number of thiocarbonyl (C=S) groups is 1. The van der Waals surface area contributed by atoms with Crippen LogP contribution in [0.2, 0.25) is 0 Å². The molecule has 6 heteroatoms. The Kier molecular flexibility index (Phi) is 5.76. The lowest BCUT2D eigenvalue weighted by atomic mass is 10.1. The number of nitrogens with zero attached hydrogens (tertiary/aromatic N) is 1. The fourth-order valence-electron chi connectivity index (χ4n) is 1.76. The highest BCUT2D eigenvalue weighted by atomic mass is 32.1. The van der Waals surface area contributed by atoms with Gasteiger partial charge in [-0.2, -0.15) is 0 Å². The number of hydrogen-bond acceptors (Lipinski definition) is 4. The molecule has 0 aliphatic carbocycles. The first kappa shape index (κ1) is 16.2. The maximum atomic E-state index is 12.4. The molecule has 110 valence electrons. The van der Waals surface area contributed by atoms with Crippen molar-refractivity contribution < 1.29 is 14.3 Å². The molecule has 2 N–H and O–H groups in total. The number of ether oxygens (including phenoxy) is 2. The lowest BCUT2D eigenvalue weighted by molar-refractivity contribution is 0.0747. The smallest absolute Gasteiger partial charge is 0.254 e. The summed E-state index contributed by atoms with van der Waals surface area (Å²) in [7, 11) is 4.81. The molecule has 0 aromatic heterocycles. The molecule has 0 saturated carbocycles. The highest BCUT2D eigenvalue weighted by molar-refractivity contribution is 7.80. The van der Waals surface area contributed by atoms with Crippen LogP contribution in [0.25, 0.3) is 0 Å². The average Bonchev–Trinajstić information content (AvgIpc) is 2.44. The molecular weight excluding hydrogens is 276 g/mol. The third-order valence-electron chi connectivity index (χ3n) is 3.08. The predicted molar refractivity (Wildman–Crippen MR) is 82.5 cm³/mol. The molecule has 0 radical (unpaired) electrons. The average molecular weight is 296 g/mol. The van der Waals surface area contributed by atoms with Crippen LogP contribution >= 0.6 is 12.2 Å². The molecule has 0 fully saturated rings. The largest absolute Gasteiger partial charge is 0.497 e. The van der Waals surface area contributed by atoms with Crippen molar-refractivity contribution in [2.45, 2.75) is 19.4 Å². The maximum Gasteiger partial charge on any atom is 0.254 e. The Hall–Kier alpha value is -1.82. The van der Waals surface area contributed by atoms with Crippen molar-refractivity contribution in [3.63, 3.8) is 0 Å². The van der Waals surface area contributed by atoms with Crippen LogP contribution in [0.3, 0.4) is 0 Å². The molecule has 1 rings (SSSR count). The first-order chi connectivity index (χ1) is 9.38. The fraction of sp³-hybridized carbons (Fsp3) is 0.429. The van der Waals surface area contributed by atoms with Gasteiger partial charge in [0.25, 0.3) is 5.91 Å². The van der Waals surface area contributed by atoms with Crippen molar-refractivity contribution in [1.82, 2.24) is 4.90 Å². The number of nitrogens with two attached hydrogens (primary N) is 1. The van der Waals surface area contributed by atoms with Crippen LogP contribution in [0.1, 0.15) is 23.7 Å². The molecule has 0 aliphatic heterocycles. The molecule has 1 aromatic rings. The highest BCUT2D eigenvalue weighted by Gasteiger charge is 2.19. The van der Waals surface area contributed by atoms with Gasteiger partial charge in [-0.15, -0.1) is 0 Å². The van der Waals surface area contributed by atoms with Crippen molar-refractivity contribution in [3.05, 3.63) is 23.8 Å². The number of carbonyl (C=O) groups is 1. The first-order valence-electron chi connectivity index (χ1n) is 6.17. The van der Waals surface area contributed by atoms with Gasteiger partial charge in [0.1, 0.15) is 11.5 Å². The summed E-state index contributed by atoms with van der Waals surface area (Å²) in [5.41, 5.74) is 6.01. The Bertz CT molecular complexity index is 483. The van der Waals surface area contributed by atoms with Gasteiger partial charge >= 0.3 is 0 Å². The van der Waals surface area contributed by atoms with Crippen LogP contribution in [0.4, 0.5) is 0 Å². The Balaban J connectivity index is 2.98. The summed E-state index contributed by atoms with van der Waals surface area (Å²) in [6.07, 6.45) is 0.485. The SMILES string of the molecule is COc1cc(OC)cc(C(=O)N(C)C(C)CC(N)=S)c1. The second-order valence-corrected chi connectivity index (χ2v) is 5.06. The third-order valence-corrected chi connectivity index (χ3v) is 3.24. The van der Waals surface area contributed by atoms with Crippen LogP contribution in [-0.2, 0) is 0 Å². The second kappa shape index (κ2) is 7.09. The van der Waals surface area contributed by atoms with Gasteiger partial charge in [-0.3, -0.25) is 4.79 Å². The number of amides is 1. The van der Waals surface area contributed by atoms with E-state index in [1.54, 1.807) is 44.4 Å². The quantitative estimate of drug-likeness (QED) is 0.812. The Morgan fingerprint density at radius 3 is 2.20 bits per heavy atom. The van der Waals surface area contributed by atoms with Gasteiger partial charge in [-0.25, -0.2) is 0 Å². The van der Waals surface area contributed by atoms with Crippen molar-refractivity contribution in [3.8, 4) is 11.5 Å². The normalized spacial score (nSPS) is 11.6. The number of hydrogen-bond donors (Lipinski definition) is 1. The predicted octanol–water partition coefficient (Wildman–Crippen LogP) is 1.84. The van der Waals surface area contributed by atoms with E-state index in [1.807, 2.05) is 6.92 Å². The van der Waals surface area contributed by atoms with E-state index in [-0.39, 0.29) is 11.9 Å². The Morgan fingerprint density at radius 1 is 1.30 bits per heavy atom. The monoisotopic (exact) mass is 296 g/mol. The topological polar surface area (TPSA) is 64.8 Å². The van der Waals surface area contributed by atoms with E-state index in [0.29, 0.717) is 28.5 Å². The minimum absolute atomic E-state index is 0.0720. The number of benzene rings is 1. The standard InChI is InChI=1S/C14H20N2O3S/c1-9(5-13(15)20)16(2)14(17)10-6-11(18-3)8-12(7-10)19-4/h6-9H,5H2,1-4H3,(H2,15,20). The minimum Gasteiger partial charge on any atom is -0.497 e. The number of methoxy groups -OCH3 is 2. The molecule has 0 heterocycles. The Morgan fingerprint density at radius 2 is 1.80 bits per heavy atom. The van der Waals surface area contributed by atoms with E-state index in [1.165, 1.54) is 0 Å². The van der Waals surface area contributed by atoms with Crippen LogP contribution in [0.5, 0.6) is 11.5 Å². The molecule has 0 spiro atoms. The van der Waals surface area contributed by atoms with E-state index >= 15 is 0 Å². The Labute approximate surface area is 124 Å². The van der Waals surface area contributed by atoms with Gasteiger partial charge in [0.2, 0.25) is 0 Å². The molecule has 5 nitrogen and oxygen atoms in total. The van der Waals surface area contributed by atoms with Crippen LogP contribution in [0, 0.1) is 0 Å². The van der Waals surface area contributed by atoms with Gasteiger partial charge in [0.05, 0.1) is 19.2 Å². The molecule has 1 amide bonds. The van der Waals surface area contributed by atoms with Gasteiger partial charge in [-0.1, -0.05) is 12.2 Å². The molecule has 0 bridgehead atoms. The van der Waals surface area contributed by atoms with E-state index < -0.39 is 0 Å². The lowest BCUT2D eigenvalue weighted by Gasteiger charge is -2.25. The zero-order valence-electron chi connectivity index (χ0n) is 12.2. The first-order valence-corrected chi connectivity index (χ1v) is 6.58. The molecule has 1 unspecified atom stereocenters. The zero-order chi connectivity index (χ0) is 15.3.